The quantitative estimate of drug-likeness (QED) is 0.487. The van der Waals surface area contributed by atoms with E-state index < -0.39 is 5.54 Å². The summed E-state index contributed by atoms with van der Waals surface area (Å²) < 4.78 is 5.29. The van der Waals surface area contributed by atoms with E-state index in [4.69, 9.17) is 10.5 Å². The predicted octanol–water partition coefficient (Wildman–Crippen LogP) is -1.02. The standard InChI is InChI=1S/C7H11N3O2/c1-4-7(2-3-12-4)5(11)9-6(8)10-7/h4H,2-3H2,1H3,(H3,8,9,10,11). The number of carbonyl (C=O) groups excluding carboxylic acids is 1. The summed E-state index contributed by atoms with van der Waals surface area (Å²) in [6.07, 6.45) is 0.458. The Labute approximate surface area is 70.0 Å². The molecule has 5 nitrogen and oxygen atoms in total. The predicted molar refractivity (Wildman–Crippen MR) is 42.5 cm³/mol. The zero-order valence-corrected chi connectivity index (χ0v) is 6.83. The maximum atomic E-state index is 11.4. The van der Waals surface area contributed by atoms with Gasteiger partial charge in [0.25, 0.3) is 5.91 Å². The lowest BCUT2D eigenvalue weighted by atomic mass is 9.93. The Kier molecular flexibility index (Phi) is 1.38. The minimum atomic E-state index is -0.732. The van der Waals surface area contributed by atoms with Crippen LogP contribution >= 0.6 is 0 Å². The lowest BCUT2D eigenvalue weighted by Gasteiger charge is -2.19. The minimum Gasteiger partial charge on any atom is -0.375 e. The van der Waals surface area contributed by atoms with Crippen LogP contribution in [0.15, 0.2) is 4.99 Å². The number of rotatable bonds is 0. The molecule has 1 fully saturated rings. The summed E-state index contributed by atoms with van der Waals surface area (Å²) in [4.78, 5) is 15.5. The van der Waals surface area contributed by atoms with Crippen molar-refractivity contribution in [3.8, 4) is 0 Å². The smallest absolute Gasteiger partial charge is 0.257 e. The molecule has 2 atom stereocenters. The number of hydrogen-bond donors (Lipinski definition) is 2. The molecule has 2 heterocycles. The number of nitrogens with zero attached hydrogens (tertiary/aromatic N) is 1. The molecule has 0 radical (unpaired) electrons. The van der Waals surface area contributed by atoms with E-state index in [0.717, 1.165) is 0 Å². The van der Waals surface area contributed by atoms with Gasteiger partial charge in [0.05, 0.1) is 12.7 Å². The van der Waals surface area contributed by atoms with E-state index in [1.54, 1.807) is 0 Å². The Bertz CT molecular complexity index is 263. The van der Waals surface area contributed by atoms with Gasteiger partial charge in [-0.05, 0) is 6.92 Å². The van der Waals surface area contributed by atoms with E-state index in [9.17, 15) is 4.79 Å². The highest BCUT2D eigenvalue weighted by Crippen LogP contribution is 2.32. The highest BCUT2D eigenvalue weighted by atomic mass is 16.5. The third kappa shape index (κ3) is 0.768. The van der Waals surface area contributed by atoms with E-state index in [2.05, 4.69) is 10.3 Å². The van der Waals surface area contributed by atoms with Crippen LogP contribution in [-0.2, 0) is 9.53 Å². The summed E-state index contributed by atoms with van der Waals surface area (Å²) in [6.45, 7) is 2.42. The van der Waals surface area contributed by atoms with Gasteiger partial charge in [0, 0.05) is 6.42 Å². The maximum absolute atomic E-state index is 11.4. The second kappa shape index (κ2) is 2.20. The van der Waals surface area contributed by atoms with Crippen molar-refractivity contribution in [1.82, 2.24) is 5.32 Å². The second-order valence-electron chi connectivity index (χ2n) is 3.14. The first-order valence-electron chi connectivity index (χ1n) is 3.93. The second-order valence-corrected chi connectivity index (χ2v) is 3.14. The fraction of sp³-hybridized carbons (Fsp3) is 0.714. The lowest BCUT2D eigenvalue weighted by molar-refractivity contribution is -0.125. The maximum Gasteiger partial charge on any atom is 0.257 e. The van der Waals surface area contributed by atoms with E-state index >= 15 is 0 Å². The summed E-state index contributed by atoms with van der Waals surface area (Å²) >= 11 is 0. The molecule has 2 aliphatic rings. The molecule has 0 aromatic carbocycles. The third-order valence-electron chi connectivity index (χ3n) is 2.48. The van der Waals surface area contributed by atoms with Gasteiger partial charge in [-0.15, -0.1) is 0 Å². The molecule has 1 saturated heterocycles. The van der Waals surface area contributed by atoms with Gasteiger partial charge in [-0.25, -0.2) is 4.99 Å². The van der Waals surface area contributed by atoms with Crippen LogP contribution in [0.4, 0.5) is 0 Å². The van der Waals surface area contributed by atoms with Crippen LogP contribution in [0, 0.1) is 0 Å². The number of ether oxygens (including phenoxy) is 1. The van der Waals surface area contributed by atoms with Gasteiger partial charge >= 0.3 is 0 Å². The summed E-state index contributed by atoms with van der Waals surface area (Å²) in [7, 11) is 0. The van der Waals surface area contributed by atoms with Gasteiger partial charge in [0.15, 0.2) is 11.5 Å². The first-order valence-corrected chi connectivity index (χ1v) is 3.93. The zero-order valence-electron chi connectivity index (χ0n) is 6.83. The van der Waals surface area contributed by atoms with Gasteiger partial charge in [0.2, 0.25) is 0 Å². The number of amides is 1. The van der Waals surface area contributed by atoms with Crippen molar-refractivity contribution in [3.05, 3.63) is 0 Å². The van der Waals surface area contributed by atoms with Crippen LogP contribution < -0.4 is 11.1 Å². The normalized spacial score (nSPS) is 40.2. The fourth-order valence-electron chi connectivity index (χ4n) is 1.70. The lowest BCUT2D eigenvalue weighted by Crippen LogP contribution is -2.45. The molecule has 66 valence electrons. The van der Waals surface area contributed by atoms with Crippen LogP contribution in [0.3, 0.4) is 0 Å². The molecule has 1 spiro atoms. The molecule has 2 rings (SSSR count). The first kappa shape index (κ1) is 7.54. The van der Waals surface area contributed by atoms with Crippen molar-refractivity contribution in [2.75, 3.05) is 6.61 Å². The van der Waals surface area contributed by atoms with Crippen LogP contribution in [-0.4, -0.2) is 30.1 Å². The van der Waals surface area contributed by atoms with Crippen molar-refractivity contribution in [3.63, 3.8) is 0 Å². The van der Waals surface area contributed by atoms with Gasteiger partial charge < -0.3 is 10.5 Å². The van der Waals surface area contributed by atoms with E-state index in [1.165, 1.54) is 0 Å². The average Bonchev–Trinajstić information content (AvgIpc) is 2.44. The summed E-state index contributed by atoms with van der Waals surface area (Å²) in [5.74, 6) is 0.0716. The number of guanidine groups is 1. The molecule has 0 aromatic heterocycles. The van der Waals surface area contributed by atoms with E-state index in [1.807, 2.05) is 6.92 Å². The van der Waals surface area contributed by atoms with Crippen LogP contribution in [0.25, 0.3) is 0 Å². The Morgan fingerprint density at radius 1 is 1.83 bits per heavy atom. The van der Waals surface area contributed by atoms with Crippen molar-refractivity contribution in [2.45, 2.75) is 25.0 Å². The van der Waals surface area contributed by atoms with Gasteiger partial charge in [-0.3, -0.25) is 10.1 Å². The molecular formula is C7H11N3O2. The topological polar surface area (TPSA) is 76.7 Å². The molecule has 0 aliphatic carbocycles. The van der Waals surface area contributed by atoms with Crippen LogP contribution in [0.1, 0.15) is 13.3 Å². The molecule has 0 bridgehead atoms. The number of carbonyl (C=O) groups is 1. The molecule has 2 unspecified atom stereocenters. The molecule has 0 saturated carbocycles. The number of nitrogens with one attached hydrogen (secondary N) is 1. The highest BCUT2D eigenvalue weighted by molar-refractivity contribution is 6.07. The van der Waals surface area contributed by atoms with Crippen molar-refractivity contribution < 1.29 is 9.53 Å². The van der Waals surface area contributed by atoms with E-state index in [-0.39, 0.29) is 18.0 Å². The molecule has 12 heavy (non-hydrogen) atoms. The zero-order chi connectivity index (χ0) is 8.77. The Morgan fingerprint density at radius 2 is 2.58 bits per heavy atom. The number of hydrogen-bond acceptors (Lipinski definition) is 4. The Hall–Kier alpha value is -1.10. The third-order valence-corrected chi connectivity index (χ3v) is 2.48. The number of aliphatic imine (C=N–C) groups is 1. The van der Waals surface area contributed by atoms with Crippen molar-refractivity contribution in [2.24, 2.45) is 10.7 Å². The minimum absolute atomic E-state index is 0.134. The van der Waals surface area contributed by atoms with Crippen LogP contribution in [0.2, 0.25) is 0 Å². The van der Waals surface area contributed by atoms with Crippen molar-refractivity contribution >= 4 is 11.9 Å². The summed E-state index contributed by atoms with van der Waals surface area (Å²) in [5, 5.41) is 2.49. The molecule has 1 amide bonds. The van der Waals surface area contributed by atoms with E-state index in [0.29, 0.717) is 13.0 Å². The molecule has 2 aliphatic heterocycles. The summed E-state index contributed by atoms with van der Waals surface area (Å²) in [6, 6.07) is 0. The van der Waals surface area contributed by atoms with Gasteiger partial charge in [-0.1, -0.05) is 0 Å². The molecule has 0 aromatic rings. The Balaban J connectivity index is 2.36. The van der Waals surface area contributed by atoms with Gasteiger partial charge in [-0.2, -0.15) is 0 Å². The van der Waals surface area contributed by atoms with Gasteiger partial charge in [0.1, 0.15) is 0 Å². The SMILES string of the molecule is CC1OCCC12N=C(N)NC2=O. The van der Waals surface area contributed by atoms with Crippen molar-refractivity contribution in [1.29, 1.82) is 0 Å². The fourth-order valence-corrected chi connectivity index (χ4v) is 1.70. The first-order chi connectivity index (χ1) is 5.65. The molecule has 3 N–H and O–H groups in total. The molecular weight excluding hydrogens is 158 g/mol. The largest absolute Gasteiger partial charge is 0.375 e. The summed E-state index contributed by atoms with van der Waals surface area (Å²) in [5.41, 5.74) is 4.67. The monoisotopic (exact) mass is 169 g/mol. The highest BCUT2D eigenvalue weighted by Gasteiger charge is 2.51. The van der Waals surface area contributed by atoms with Crippen LogP contribution in [0.5, 0.6) is 0 Å². The molecule has 5 heteroatoms. The Morgan fingerprint density at radius 3 is 3.00 bits per heavy atom. The number of nitrogens with two attached hydrogens (primary N) is 1. The average molecular weight is 169 g/mol.